The molecule has 3 heteroatoms. The third-order valence-corrected chi connectivity index (χ3v) is 5.36. The summed E-state index contributed by atoms with van der Waals surface area (Å²) in [6.07, 6.45) is 7.53. The quantitative estimate of drug-likeness (QED) is 0.910. The minimum Gasteiger partial charge on any atom is -0.307 e. The zero-order valence-electron chi connectivity index (χ0n) is 13.8. The van der Waals surface area contributed by atoms with E-state index in [9.17, 15) is 0 Å². The zero-order chi connectivity index (χ0) is 14.8. The van der Waals surface area contributed by atoms with Gasteiger partial charge in [0.15, 0.2) is 0 Å². The number of hydrogen-bond donors (Lipinski definition) is 1. The molecule has 1 aliphatic heterocycles. The van der Waals surface area contributed by atoms with Crippen molar-refractivity contribution in [1.29, 1.82) is 0 Å². The van der Waals surface area contributed by atoms with Crippen molar-refractivity contribution < 1.29 is 0 Å². The summed E-state index contributed by atoms with van der Waals surface area (Å²) in [4.78, 5) is 9.89. The number of nitrogens with zero attached hydrogens (tertiary/aromatic N) is 2. The Balaban J connectivity index is 1.78. The van der Waals surface area contributed by atoms with Crippen LogP contribution in [0.4, 0.5) is 0 Å². The van der Waals surface area contributed by atoms with Crippen LogP contribution in [-0.2, 0) is 19.5 Å². The van der Waals surface area contributed by atoms with Crippen molar-refractivity contribution in [1.82, 2.24) is 15.3 Å². The van der Waals surface area contributed by atoms with E-state index in [0.29, 0.717) is 5.92 Å². The first kappa shape index (κ1) is 15.0. The van der Waals surface area contributed by atoms with Crippen molar-refractivity contribution in [2.45, 2.75) is 78.3 Å². The first-order valence-electron chi connectivity index (χ1n) is 8.78. The average Bonchev–Trinajstić information content (AvgIpc) is 2.96. The van der Waals surface area contributed by atoms with Crippen LogP contribution in [0, 0.1) is 11.8 Å². The van der Waals surface area contributed by atoms with Gasteiger partial charge in [0, 0.05) is 30.3 Å². The molecule has 2 heterocycles. The van der Waals surface area contributed by atoms with Crippen molar-refractivity contribution in [3.63, 3.8) is 0 Å². The topological polar surface area (TPSA) is 37.8 Å². The van der Waals surface area contributed by atoms with Gasteiger partial charge >= 0.3 is 0 Å². The van der Waals surface area contributed by atoms with Crippen LogP contribution in [0.5, 0.6) is 0 Å². The van der Waals surface area contributed by atoms with Gasteiger partial charge in [0.2, 0.25) is 0 Å². The summed E-state index contributed by atoms with van der Waals surface area (Å²) in [5.74, 6) is 3.48. The van der Waals surface area contributed by atoms with Gasteiger partial charge in [0.1, 0.15) is 5.82 Å². The Morgan fingerprint density at radius 3 is 2.52 bits per heavy atom. The second kappa shape index (κ2) is 6.43. The Kier molecular flexibility index (Phi) is 4.58. The van der Waals surface area contributed by atoms with Crippen molar-refractivity contribution in [3.05, 3.63) is 22.8 Å². The highest BCUT2D eigenvalue weighted by Gasteiger charge is 2.28. The summed E-state index contributed by atoms with van der Waals surface area (Å²) in [6, 6.07) is 0. The molecule has 1 saturated carbocycles. The molecule has 1 fully saturated rings. The van der Waals surface area contributed by atoms with Crippen molar-refractivity contribution in [3.8, 4) is 0 Å². The van der Waals surface area contributed by atoms with E-state index in [4.69, 9.17) is 9.97 Å². The lowest BCUT2D eigenvalue weighted by atomic mass is 9.76. The summed E-state index contributed by atoms with van der Waals surface area (Å²) in [5, 5.41) is 3.44. The van der Waals surface area contributed by atoms with E-state index in [1.807, 2.05) is 0 Å². The van der Waals surface area contributed by atoms with E-state index in [-0.39, 0.29) is 0 Å². The van der Waals surface area contributed by atoms with Crippen LogP contribution in [0.3, 0.4) is 0 Å². The number of hydrogen-bond acceptors (Lipinski definition) is 3. The fraction of sp³-hybridized carbons (Fsp3) is 0.778. The van der Waals surface area contributed by atoms with Gasteiger partial charge in [0.25, 0.3) is 0 Å². The molecule has 0 aromatic carbocycles. The Labute approximate surface area is 129 Å². The minimum atomic E-state index is 0.599. The summed E-state index contributed by atoms with van der Waals surface area (Å²) >= 11 is 0. The molecular formula is C18H29N3. The van der Waals surface area contributed by atoms with Crippen molar-refractivity contribution in [2.75, 3.05) is 0 Å². The van der Waals surface area contributed by atoms with Crippen LogP contribution in [-0.4, -0.2) is 9.97 Å². The molecule has 0 saturated heterocycles. The Bertz CT molecular complexity index is 487. The van der Waals surface area contributed by atoms with E-state index in [2.05, 4.69) is 26.1 Å². The van der Waals surface area contributed by atoms with Gasteiger partial charge in [-0.2, -0.15) is 0 Å². The van der Waals surface area contributed by atoms with Crippen LogP contribution in [0.25, 0.3) is 0 Å². The first-order valence-corrected chi connectivity index (χ1v) is 8.78. The summed E-state index contributed by atoms with van der Waals surface area (Å²) in [6.45, 7) is 8.86. The van der Waals surface area contributed by atoms with E-state index in [1.165, 1.54) is 49.1 Å². The molecule has 3 nitrogen and oxygen atoms in total. The maximum Gasteiger partial charge on any atom is 0.132 e. The smallest absolute Gasteiger partial charge is 0.132 e. The summed E-state index contributed by atoms with van der Waals surface area (Å²) in [7, 11) is 0. The molecule has 21 heavy (non-hydrogen) atoms. The largest absolute Gasteiger partial charge is 0.307 e. The van der Waals surface area contributed by atoms with Gasteiger partial charge in [-0.15, -0.1) is 0 Å². The SMILES string of the molecule is CCCc1nc(C2CCC(C(C)C)CC2)nc2c1CNC2. The number of nitrogens with one attached hydrogen (secondary N) is 1. The van der Waals surface area contributed by atoms with E-state index in [0.717, 1.165) is 37.2 Å². The van der Waals surface area contributed by atoms with Gasteiger partial charge in [-0.3, -0.25) is 0 Å². The second-order valence-electron chi connectivity index (χ2n) is 7.16. The maximum atomic E-state index is 4.98. The third-order valence-electron chi connectivity index (χ3n) is 5.36. The predicted molar refractivity (Wildman–Crippen MR) is 86.1 cm³/mol. The minimum absolute atomic E-state index is 0.599. The Morgan fingerprint density at radius 2 is 1.86 bits per heavy atom. The van der Waals surface area contributed by atoms with Crippen LogP contribution in [0.15, 0.2) is 0 Å². The second-order valence-corrected chi connectivity index (χ2v) is 7.16. The normalized spacial score (nSPS) is 25.3. The van der Waals surface area contributed by atoms with Crippen molar-refractivity contribution in [2.24, 2.45) is 11.8 Å². The highest BCUT2D eigenvalue weighted by Crippen LogP contribution is 2.38. The number of aryl methyl sites for hydroxylation is 1. The molecule has 1 aromatic rings. The highest BCUT2D eigenvalue weighted by molar-refractivity contribution is 5.30. The molecule has 0 amide bonds. The molecule has 116 valence electrons. The van der Waals surface area contributed by atoms with Crippen LogP contribution in [0.1, 0.15) is 81.6 Å². The lowest BCUT2D eigenvalue weighted by molar-refractivity contribution is 0.254. The standard InChI is InChI=1S/C18H29N3/c1-4-5-16-15-10-19-11-17(15)21-18(20-16)14-8-6-13(7-9-14)12(2)3/h12-14,19H,4-11H2,1-3H3. The van der Waals surface area contributed by atoms with Crippen LogP contribution in [0.2, 0.25) is 0 Å². The van der Waals surface area contributed by atoms with Gasteiger partial charge < -0.3 is 5.32 Å². The zero-order valence-corrected chi connectivity index (χ0v) is 13.8. The van der Waals surface area contributed by atoms with Gasteiger partial charge in [0.05, 0.1) is 5.69 Å². The Morgan fingerprint density at radius 1 is 1.10 bits per heavy atom. The molecule has 3 rings (SSSR count). The van der Waals surface area contributed by atoms with E-state index < -0.39 is 0 Å². The molecule has 0 atom stereocenters. The molecule has 1 N–H and O–H groups in total. The number of fused-ring (bicyclic) bond motifs is 1. The molecule has 1 aliphatic carbocycles. The number of rotatable bonds is 4. The lowest BCUT2D eigenvalue weighted by Crippen LogP contribution is -2.20. The maximum absolute atomic E-state index is 4.98. The fourth-order valence-corrected chi connectivity index (χ4v) is 3.93. The van der Waals surface area contributed by atoms with Gasteiger partial charge in [-0.1, -0.05) is 27.2 Å². The average molecular weight is 287 g/mol. The highest BCUT2D eigenvalue weighted by atomic mass is 15.0. The van der Waals surface area contributed by atoms with Crippen LogP contribution >= 0.6 is 0 Å². The van der Waals surface area contributed by atoms with Crippen LogP contribution < -0.4 is 5.32 Å². The molecular weight excluding hydrogens is 258 g/mol. The molecule has 0 spiro atoms. The molecule has 2 aliphatic rings. The first-order chi connectivity index (χ1) is 10.2. The molecule has 1 aromatic heterocycles. The Hall–Kier alpha value is -0.960. The number of aromatic nitrogens is 2. The third kappa shape index (κ3) is 3.13. The van der Waals surface area contributed by atoms with E-state index >= 15 is 0 Å². The fourth-order valence-electron chi connectivity index (χ4n) is 3.93. The molecule has 0 radical (unpaired) electrons. The molecule has 0 bridgehead atoms. The molecule has 0 unspecified atom stereocenters. The summed E-state index contributed by atoms with van der Waals surface area (Å²) in [5.41, 5.74) is 3.97. The monoisotopic (exact) mass is 287 g/mol. The van der Waals surface area contributed by atoms with Gasteiger partial charge in [-0.25, -0.2) is 9.97 Å². The lowest BCUT2D eigenvalue weighted by Gasteiger charge is -2.30. The van der Waals surface area contributed by atoms with Gasteiger partial charge in [-0.05, 0) is 43.9 Å². The predicted octanol–water partition coefficient (Wildman–Crippen LogP) is 3.96. The van der Waals surface area contributed by atoms with E-state index in [1.54, 1.807) is 0 Å². The summed E-state index contributed by atoms with van der Waals surface area (Å²) < 4.78 is 0. The van der Waals surface area contributed by atoms with Crippen molar-refractivity contribution >= 4 is 0 Å².